The van der Waals surface area contributed by atoms with Gasteiger partial charge in [0.1, 0.15) is 18.1 Å². The van der Waals surface area contributed by atoms with E-state index >= 15 is 0 Å². The molecular formula is C16H16N4O2. The molecule has 0 saturated heterocycles. The molecule has 0 unspecified atom stereocenters. The first-order valence-electron chi connectivity index (χ1n) is 6.95. The zero-order valence-corrected chi connectivity index (χ0v) is 12.0. The summed E-state index contributed by atoms with van der Waals surface area (Å²) in [5.74, 6) is 0.328. The van der Waals surface area contributed by atoms with Crippen LogP contribution in [0, 0.1) is 5.41 Å². The van der Waals surface area contributed by atoms with E-state index in [0.29, 0.717) is 36.7 Å². The van der Waals surface area contributed by atoms with Gasteiger partial charge in [-0.2, -0.15) is 0 Å². The van der Waals surface area contributed by atoms with E-state index in [2.05, 4.69) is 4.98 Å². The molecule has 6 nitrogen and oxygen atoms in total. The zero-order valence-electron chi connectivity index (χ0n) is 12.0. The number of nitrogens with zero attached hydrogens (tertiary/aromatic N) is 2. The maximum atomic E-state index is 12.6. The van der Waals surface area contributed by atoms with Crippen LogP contribution in [0.2, 0.25) is 0 Å². The molecule has 6 heteroatoms. The Labute approximate surface area is 128 Å². The summed E-state index contributed by atoms with van der Waals surface area (Å²) in [4.78, 5) is 18.2. The van der Waals surface area contributed by atoms with Gasteiger partial charge < -0.3 is 15.4 Å². The number of hydrogen-bond donors (Lipinski definition) is 2. The number of rotatable bonds is 2. The number of hydrogen-bond acceptors (Lipinski definition) is 5. The fourth-order valence-electron chi connectivity index (χ4n) is 2.39. The minimum Gasteiger partial charge on any atom is -0.490 e. The van der Waals surface area contributed by atoms with Crippen molar-refractivity contribution in [2.45, 2.75) is 6.54 Å². The fourth-order valence-corrected chi connectivity index (χ4v) is 2.39. The molecule has 0 fully saturated rings. The van der Waals surface area contributed by atoms with Gasteiger partial charge >= 0.3 is 0 Å². The van der Waals surface area contributed by atoms with E-state index in [-0.39, 0.29) is 11.6 Å². The van der Waals surface area contributed by atoms with Crippen LogP contribution in [0.1, 0.15) is 11.1 Å². The lowest BCUT2D eigenvalue weighted by Gasteiger charge is -2.20. The Hall–Kier alpha value is -2.89. The average molecular weight is 296 g/mol. The van der Waals surface area contributed by atoms with Crippen LogP contribution in [0.15, 0.2) is 42.7 Å². The minimum atomic E-state index is -0.355. The van der Waals surface area contributed by atoms with Crippen molar-refractivity contribution in [3.63, 3.8) is 0 Å². The molecule has 3 N–H and O–H groups in total. The van der Waals surface area contributed by atoms with Crippen LogP contribution in [-0.4, -0.2) is 34.7 Å². The Morgan fingerprint density at radius 3 is 2.95 bits per heavy atom. The topological polar surface area (TPSA) is 92.3 Å². The third-order valence-corrected chi connectivity index (χ3v) is 3.58. The number of anilines is 1. The van der Waals surface area contributed by atoms with Gasteiger partial charge in [0.25, 0.3) is 5.91 Å². The number of para-hydroxylation sites is 1. The highest BCUT2D eigenvalue weighted by Gasteiger charge is 2.24. The highest BCUT2D eigenvalue weighted by molar-refractivity contribution is 6.45. The SMILES string of the molecule is N=C(C(=O)N1CCOc2cnccc2C1)c1ccccc1N. The van der Waals surface area contributed by atoms with Crippen LogP contribution in [-0.2, 0) is 11.3 Å². The van der Waals surface area contributed by atoms with Crippen molar-refractivity contribution in [3.05, 3.63) is 53.9 Å². The third kappa shape index (κ3) is 2.63. The van der Waals surface area contributed by atoms with Crippen LogP contribution >= 0.6 is 0 Å². The smallest absolute Gasteiger partial charge is 0.272 e. The van der Waals surface area contributed by atoms with Gasteiger partial charge in [0.05, 0.1) is 12.7 Å². The number of carbonyl (C=O) groups is 1. The van der Waals surface area contributed by atoms with Crippen LogP contribution in [0.25, 0.3) is 0 Å². The fraction of sp³-hybridized carbons (Fsp3) is 0.188. The van der Waals surface area contributed by atoms with Gasteiger partial charge in [0.2, 0.25) is 0 Å². The molecule has 0 spiro atoms. The number of amides is 1. The van der Waals surface area contributed by atoms with Gasteiger partial charge in [-0.3, -0.25) is 15.2 Å². The quantitative estimate of drug-likeness (QED) is 0.648. The van der Waals surface area contributed by atoms with Crippen molar-refractivity contribution >= 4 is 17.3 Å². The third-order valence-electron chi connectivity index (χ3n) is 3.58. The molecular weight excluding hydrogens is 280 g/mol. The molecule has 1 aromatic heterocycles. The molecule has 0 saturated carbocycles. The van der Waals surface area contributed by atoms with Crippen LogP contribution in [0.4, 0.5) is 5.69 Å². The second kappa shape index (κ2) is 5.85. The largest absolute Gasteiger partial charge is 0.490 e. The summed E-state index contributed by atoms with van der Waals surface area (Å²) in [5, 5.41) is 8.14. The average Bonchev–Trinajstić information content (AvgIpc) is 2.76. The first kappa shape index (κ1) is 14.1. The van der Waals surface area contributed by atoms with E-state index in [1.807, 2.05) is 6.07 Å². The van der Waals surface area contributed by atoms with Gasteiger partial charge in [0, 0.05) is 29.6 Å². The molecule has 0 aliphatic carbocycles. The molecule has 0 atom stereocenters. The molecule has 1 aromatic carbocycles. The number of benzene rings is 1. The maximum Gasteiger partial charge on any atom is 0.272 e. The van der Waals surface area contributed by atoms with Crippen molar-refractivity contribution in [1.82, 2.24) is 9.88 Å². The molecule has 2 heterocycles. The summed E-state index contributed by atoms with van der Waals surface area (Å²) in [7, 11) is 0. The summed E-state index contributed by atoms with van der Waals surface area (Å²) in [5.41, 5.74) is 7.51. The Kier molecular flexibility index (Phi) is 3.74. The highest BCUT2D eigenvalue weighted by Crippen LogP contribution is 2.22. The molecule has 2 aromatic rings. The molecule has 112 valence electrons. The van der Waals surface area contributed by atoms with Gasteiger partial charge in [-0.25, -0.2) is 0 Å². The van der Waals surface area contributed by atoms with Gasteiger partial charge in [-0.15, -0.1) is 0 Å². The van der Waals surface area contributed by atoms with Gasteiger partial charge in [-0.1, -0.05) is 18.2 Å². The van der Waals surface area contributed by atoms with Crippen molar-refractivity contribution in [2.75, 3.05) is 18.9 Å². The summed E-state index contributed by atoms with van der Waals surface area (Å²) in [6, 6.07) is 8.73. The Balaban J connectivity index is 1.84. The lowest BCUT2D eigenvalue weighted by molar-refractivity contribution is -0.124. The number of carbonyl (C=O) groups excluding carboxylic acids is 1. The van der Waals surface area contributed by atoms with Crippen LogP contribution in [0.3, 0.4) is 0 Å². The van der Waals surface area contributed by atoms with Crippen molar-refractivity contribution in [3.8, 4) is 5.75 Å². The predicted octanol–water partition coefficient (Wildman–Crippen LogP) is 1.45. The van der Waals surface area contributed by atoms with Crippen molar-refractivity contribution in [1.29, 1.82) is 5.41 Å². The Morgan fingerprint density at radius 2 is 2.14 bits per heavy atom. The van der Waals surface area contributed by atoms with E-state index in [9.17, 15) is 4.79 Å². The van der Waals surface area contributed by atoms with E-state index < -0.39 is 0 Å². The number of ether oxygens (including phenoxy) is 1. The predicted molar refractivity (Wildman–Crippen MR) is 82.8 cm³/mol. The van der Waals surface area contributed by atoms with Crippen LogP contribution in [0.5, 0.6) is 5.75 Å². The minimum absolute atomic E-state index is 0.101. The van der Waals surface area contributed by atoms with Gasteiger partial charge in [0.15, 0.2) is 0 Å². The molecule has 3 rings (SSSR count). The van der Waals surface area contributed by atoms with Gasteiger partial charge in [-0.05, 0) is 12.1 Å². The lowest BCUT2D eigenvalue weighted by atomic mass is 10.1. The van der Waals surface area contributed by atoms with Crippen molar-refractivity contribution in [2.24, 2.45) is 0 Å². The number of nitrogen functional groups attached to an aromatic ring is 1. The summed E-state index contributed by atoms with van der Waals surface area (Å²) in [6.07, 6.45) is 3.31. The lowest BCUT2D eigenvalue weighted by Crippen LogP contribution is -2.37. The second-order valence-electron chi connectivity index (χ2n) is 5.02. The van der Waals surface area contributed by atoms with E-state index in [0.717, 1.165) is 5.56 Å². The number of aromatic nitrogens is 1. The van der Waals surface area contributed by atoms with Crippen LogP contribution < -0.4 is 10.5 Å². The monoisotopic (exact) mass is 296 g/mol. The Bertz CT molecular complexity index is 730. The highest BCUT2D eigenvalue weighted by atomic mass is 16.5. The number of fused-ring (bicyclic) bond motifs is 1. The molecule has 0 radical (unpaired) electrons. The van der Waals surface area contributed by atoms with E-state index in [4.69, 9.17) is 15.9 Å². The van der Waals surface area contributed by atoms with Crippen molar-refractivity contribution < 1.29 is 9.53 Å². The first-order valence-corrected chi connectivity index (χ1v) is 6.95. The molecule has 1 amide bonds. The summed E-state index contributed by atoms with van der Waals surface area (Å²) < 4.78 is 5.59. The number of nitrogens with one attached hydrogen (secondary N) is 1. The number of pyridine rings is 1. The van der Waals surface area contributed by atoms with E-state index in [1.165, 1.54) is 0 Å². The normalized spacial score (nSPS) is 13.7. The number of nitrogens with two attached hydrogens (primary N) is 1. The molecule has 22 heavy (non-hydrogen) atoms. The maximum absolute atomic E-state index is 12.6. The second-order valence-corrected chi connectivity index (χ2v) is 5.02. The Morgan fingerprint density at radius 1 is 1.32 bits per heavy atom. The molecule has 1 aliphatic rings. The molecule has 0 bridgehead atoms. The van der Waals surface area contributed by atoms with E-state index in [1.54, 1.807) is 41.6 Å². The standard InChI is InChI=1S/C16H16N4O2/c17-13-4-2-1-3-12(13)15(18)16(21)20-7-8-22-14-9-19-6-5-11(14)10-20/h1-6,9,18H,7-8,10,17H2. The molecule has 1 aliphatic heterocycles. The summed E-state index contributed by atoms with van der Waals surface area (Å²) >= 11 is 0. The first-order chi connectivity index (χ1) is 10.7. The zero-order chi connectivity index (χ0) is 15.5. The summed E-state index contributed by atoms with van der Waals surface area (Å²) in [6.45, 7) is 1.19.